The molecule has 0 saturated carbocycles. The summed E-state index contributed by atoms with van der Waals surface area (Å²) in [5, 5.41) is 1.02. The molecule has 3 nitrogen and oxygen atoms in total. The van der Waals surface area contributed by atoms with Gasteiger partial charge in [0.2, 0.25) is 0 Å². The zero-order valence-corrected chi connectivity index (χ0v) is 12.2. The maximum Gasteiger partial charge on any atom is 0.309 e. The molecule has 4 heteroatoms. The Morgan fingerprint density at radius 1 is 1.37 bits per heavy atom. The van der Waals surface area contributed by atoms with Crippen LogP contribution in [0.25, 0.3) is 10.2 Å². The highest BCUT2D eigenvalue weighted by Gasteiger charge is 2.21. The smallest absolute Gasteiger partial charge is 0.309 e. The Labute approximate surface area is 117 Å². The molecule has 19 heavy (non-hydrogen) atoms. The largest absolute Gasteiger partial charge is 0.466 e. The van der Waals surface area contributed by atoms with E-state index in [0.29, 0.717) is 13.0 Å². The number of nitrogens with zero attached hydrogens (tertiary/aromatic N) is 1. The van der Waals surface area contributed by atoms with Gasteiger partial charge in [-0.25, -0.2) is 4.98 Å². The van der Waals surface area contributed by atoms with Crippen LogP contribution < -0.4 is 0 Å². The summed E-state index contributed by atoms with van der Waals surface area (Å²) in [7, 11) is 0. The number of aromatic nitrogens is 1. The van der Waals surface area contributed by atoms with Crippen LogP contribution in [0.4, 0.5) is 0 Å². The summed E-state index contributed by atoms with van der Waals surface area (Å²) in [6.45, 7) is 4.38. The molecule has 2 rings (SSSR count). The number of carbonyl (C=O) groups is 1. The lowest BCUT2D eigenvalue weighted by Crippen LogP contribution is -2.19. The summed E-state index contributed by atoms with van der Waals surface area (Å²) in [4.78, 5) is 16.5. The van der Waals surface area contributed by atoms with E-state index in [1.54, 1.807) is 11.3 Å². The van der Waals surface area contributed by atoms with Crippen molar-refractivity contribution >= 4 is 27.5 Å². The van der Waals surface area contributed by atoms with Gasteiger partial charge in [-0.05, 0) is 25.5 Å². The number of rotatable bonds is 6. The molecule has 1 heterocycles. The first kappa shape index (κ1) is 14.0. The summed E-state index contributed by atoms with van der Waals surface area (Å²) in [5.74, 6) is -0.158. The van der Waals surface area contributed by atoms with Crippen molar-refractivity contribution in [2.75, 3.05) is 6.61 Å². The van der Waals surface area contributed by atoms with E-state index >= 15 is 0 Å². The fraction of sp³-hybridized carbons (Fsp3) is 0.467. The SMILES string of the molecule is CCCC(Cc1nc2ccccc2s1)C(=O)OCC. The third-order valence-electron chi connectivity index (χ3n) is 3.02. The molecule has 0 saturated heterocycles. The van der Waals surface area contributed by atoms with Gasteiger partial charge in [-0.15, -0.1) is 11.3 Å². The van der Waals surface area contributed by atoms with Gasteiger partial charge < -0.3 is 4.74 Å². The van der Waals surface area contributed by atoms with Crippen molar-refractivity contribution in [3.8, 4) is 0 Å². The standard InChI is InChI=1S/C15H19NO2S/c1-3-7-11(15(17)18-4-2)10-14-16-12-8-5-6-9-13(12)19-14/h5-6,8-9,11H,3-4,7,10H2,1-2H3. The van der Waals surface area contributed by atoms with Crippen LogP contribution in [-0.4, -0.2) is 17.6 Å². The lowest BCUT2D eigenvalue weighted by Gasteiger charge is -2.12. The Bertz CT molecular complexity index is 517. The third-order valence-corrected chi connectivity index (χ3v) is 4.07. The fourth-order valence-electron chi connectivity index (χ4n) is 2.13. The Balaban J connectivity index is 2.13. The first-order valence-corrected chi connectivity index (χ1v) is 7.57. The number of fused-ring (bicyclic) bond motifs is 1. The third kappa shape index (κ3) is 3.53. The zero-order valence-electron chi connectivity index (χ0n) is 11.4. The summed E-state index contributed by atoms with van der Waals surface area (Å²) < 4.78 is 6.32. The molecule has 0 N–H and O–H groups in total. The van der Waals surface area contributed by atoms with Crippen LogP contribution in [0, 0.1) is 5.92 Å². The maximum absolute atomic E-state index is 11.9. The van der Waals surface area contributed by atoms with Gasteiger partial charge in [-0.2, -0.15) is 0 Å². The van der Waals surface area contributed by atoms with Gasteiger partial charge in [-0.3, -0.25) is 4.79 Å². The van der Waals surface area contributed by atoms with E-state index in [-0.39, 0.29) is 11.9 Å². The highest BCUT2D eigenvalue weighted by molar-refractivity contribution is 7.18. The molecule has 0 aliphatic rings. The van der Waals surface area contributed by atoms with Crippen molar-refractivity contribution in [1.82, 2.24) is 4.98 Å². The van der Waals surface area contributed by atoms with Crippen molar-refractivity contribution in [3.63, 3.8) is 0 Å². The first-order valence-electron chi connectivity index (χ1n) is 6.75. The van der Waals surface area contributed by atoms with E-state index in [9.17, 15) is 4.79 Å². The minimum absolute atomic E-state index is 0.0643. The number of para-hydroxylation sites is 1. The average Bonchev–Trinajstić information content (AvgIpc) is 2.80. The molecular formula is C15H19NO2S. The predicted octanol–water partition coefficient (Wildman–Crippen LogP) is 3.82. The molecule has 2 aromatic rings. The summed E-state index contributed by atoms with van der Waals surface area (Å²) in [6, 6.07) is 8.07. The molecule has 0 aliphatic heterocycles. The van der Waals surface area contributed by atoms with Gasteiger partial charge in [0.1, 0.15) is 0 Å². The zero-order chi connectivity index (χ0) is 13.7. The van der Waals surface area contributed by atoms with E-state index in [1.807, 2.05) is 25.1 Å². The van der Waals surface area contributed by atoms with Crippen LogP contribution in [0.2, 0.25) is 0 Å². The quantitative estimate of drug-likeness (QED) is 0.753. The Kier molecular flexibility index (Phi) is 4.91. The monoisotopic (exact) mass is 277 g/mol. The lowest BCUT2D eigenvalue weighted by atomic mass is 10.0. The molecule has 1 unspecified atom stereocenters. The average molecular weight is 277 g/mol. The normalized spacial score (nSPS) is 12.5. The maximum atomic E-state index is 11.9. The van der Waals surface area contributed by atoms with Crippen LogP contribution in [0.1, 0.15) is 31.7 Å². The van der Waals surface area contributed by atoms with Crippen LogP contribution in [0.15, 0.2) is 24.3 Å². The predicted molar refractivity (Wildman–Crippen MR) is 78.4 cm³/mol. The Morgan fingerprint density at radius 3 is 2.84 bits per heavy atom. The number of hydrogen-bond donors (Lipinski definition) is 0. The van der Waals surface area contributed by atoms with E-state index in [2.05, 4.69) is 18.0 Å². The number of carbonyl (C=O) groups excluding carboxylic acids is 1. The molecule has 1 aromatic heterocycles. The second kappa shape index (κ2) is 6.66. The van der Waals surface area contributed by atoms with Crippen LogP contribution in [-0.2, 0) is 16.0 Å². The fourth-order valence-corrected chi connectivity index (χ4v) is 3.18. The van der Waals surface area contributed by atoms with Gasteiger partial charge in [0.25, 0.3) is 0 Å². The topological polar surface area (TPSA) is 39.2 Å². The minimum Gasteiger partial charge on any atom is -0.466 e. The highest BCUT2D eigenvalue weighted by Crippen LogP contribution is 2.25. The number of hydrogen-bond acceptors (Lipinski definition) is 4. The highest BCUT2D eigenvalue weighted by atomic mass is 32.1. The Hall–Kier alpha value is -1.42. The summed E-state index contributed by atoms with van der Waals surface area (Å²) in [6.07, 6.45) is 2.52. The van der Waals surface area contributed by atoms with Gasteiger partial charge in [-0.1, -0.05) is 25.5 Å². The van der Waals surface area contributed by atoms with Crippen LogP contribution in [0.5, 0.6) is 0 Å². The molecule has 102 valence electrons. The van der Waals surface area contributed by atoms with Gasteiger partial charge in [0.15, 0.2) is 0 Å². The van der Waals surface area contributed by atoms with Crippen LogP contribution >= 0.6 is 11.3 Å². The lowest BCUT2D eigenvalue weighted by molar-refractivity contribution is -0.148. The molecule has 0 amide bonds. The number of ether oxygens (including phenoxy) is 1. The van der Waals surface area contributed by atoms with E-state index < -0.39 is 0 Å². The second-order valence-corrected chi connectivity index (χ2v) is 5.63. The van der Waals surface area contributed by atoms with Crippen molar-refractivity contribution < 1.29 is 9.53 Å². The van der Waals surface area contributed by atoms with Crippen LogP contribution in [0.3, 0.4) is 0 Å². The first-order chi connectivity index (χ1) is 9.24. The van der Waals surface area contributed by atoms with E-state index in [0.717, 1.165) is 23.4 Å². The van der Waals surface area contributed by atoms with E-state index in [1.165, 1.54) is 4.70 Å². The van der Waals surface area contributed by atoms with Gasteiger partial charge >= 0.3 is 5.97 Å². The second-order valence-electron chi connectivity index (χ2n) is 4.52. The van der Waals surface area contributed by atoms with Crippen molar-refractivity contribution in [3.05, 3.63) is 29.3 Å². The number of benzene rings is 1. The molecule has 0 fully saturated rings. The van der Waals surface area contributed by atoms with Crippen molar-refractivity contribution in [2.24, 2.45) is 5.92 Å². The van der Waals surface area contributed by atoms with Crippen molar-refractivity contribution in [1.29, 1.82) is 0 Å². The molecule has 1 aromatic carbocycles. The molecule has 1 atom stereocenters. The number of thiazole rings is 1. The molecule has 0 radical (unpaired) electrons. The number of esters is 1. The molecule has 0 aliphatic carbocycles. The summed E-state index contributed by atoms with van der Waals surface area (Å²) >= 11 is 1.67. The Morgan fingerprint density at radius 2 is 2.16 bits per heavy atom. The molecule has 0 spiro atoms. The van der Waals surface area contributed by atoms with E-state index in [4.69, 9.17) is 4.74 Å². The molecule has 0 bridgehead atoms. The molecular weight excluding hydrogens is 258 g/mol. The van der Waals surface area contributed by atoms with Crippen molar-refractivity contribution in [2.45, 2.75) is 33.1 Å². The van der Waals surface area contributed by atoms with Gasteiger partial charge in [0, 0.05) is 6.42 Å². The van der Waals surface area contributed by atoms with Gasteiger partial charge in [0.05, 0.1) is 27.7 Å². The summed E-state index contributed by atoms with van der Waals surface area (Å²) in [5.41, 5.74) is 1.02. The minimum atomic E-state index is -0.0939.